The third-order valence-corrected chi connectivity index (χ3v) is 4.59. The number of methoxy groups -OCH3 is 1. The quantitative estimate of drug-likeness (QED) is 0.458. The fourth-order valence-electron chi connectivity index (χ4n) is 2.75. The van der Waals surface area contributed by atoms with Crippen LogP contribution >= 0.6 is 0 Å². The maximum Gasteiger partial charge on any atom is 0.306 e. The lowest BCUT2D eigenvalue weighted by molar-refractivity contribution is -0.316. The van der Waals surface area contributed by atoms with Crippen LogP contribution in [0, 0.1) is 0 Å². The van der Waals surface area contributed by atoms with E-state index in [4.69, 9.17) is 18.4 Å². The zero-order chi connectivity index (χ0) is 22.1. The number of carboxylic acids is 1. The number of rotatable bonds is 12. The molecule has 0 fully saturated rings. The fraction of sp³-hybridized carbons (Fsp3) is 0.381. The van der Waals surface area contributed by atoms with Crippen LogP contribution in [0.25, 0.3) is 0 Å². The molecule has 2 rings (SSSR count). The molecule has 0 heterocycles. The highest BCUT2D eigenvalue weighted by molar-refractivity contribution is 7.86. The Bertz CT molecular complexity index is 938. The molecule has 164 valence electrons. The highest BCUT2D eigenvalue weighted by atomic mass is 32.2. The Kier molecular flexibility index (Phi) is 8.49. The number of hydrogen-bond acceptors (Lipinski definition) is 8. The van der Waals surface area contributed by atoms with Gasteiger partial charge in [0.1, 0.15) is 11.9 Å². The van der Waals surface area contributed by atoms with Crippen molar-refractivity contribution in [3.8, 4) is 17.2 Å². The van der Waals surface area contributed by atoms with E-state index in [1.807, 2.05) is 0 Å². The molecular weight excluding hydrogens is 412 g/mol. The predicted molar refractivity (Wildman–Crippen MR) is 108 cm³/mol. The van der Waals surface area contributed by atoms with Crippen molar-refractivity contribution in [1.82, 2.24) is 0 Å². The van der Waals surface area contributed by atoms with Crippen molar-refractivity contribution in [3.63, 3.8) is 0 Å². The number of hydrogen-bond donors (Lipinski definition) is 0. The third-order valence-electron chi connectivity index (χ3n) is 4.10. The zero-order valence-electron chi connectivity index (χ0n) is 17.1. The Balaban J connectivity index is 1.96. The van der Waals surface area contributed by atoms with Gasteiger partial charge in [0.2, 0.25) is 0 Å². The van der Waals surface area contributed by atoms with E-state index in [1.165, 1.54) is 7.11 Å². The zero-order valence-corrected chi connectivity index (χ0v) is 17.9. The van der Waals surface area contributed by atoms with Crippen LogP contribution < -0.4 is 18.8 Å². The van der Waals surface area contributed by atoms with Crippen molar-refractivity contribution in [2.24, 2.45) is 0 Å². The molecule has 1 unspecified atom stereocenters. The largest absolute Gasteiger partial charge is 0.547 e. The van der Waals surface area contributed by atoms with Crippen molar-refractivity contribution >= 4 is 16.1 Å². The van der Waals surface area contributed by atoms with Gasteiger partial charge in [0.05, 0.1) is 25.9 Å². The summed E-state index contributed by atoms with van der Waals surface area (Å²) in [5, 5.41) is 11.2. The summed E-state index contributed by atoms with van der Waals surface area (Å²) in [6, 6.07) is 11.9. The Hall–Kier alpha value is -2.78. The normalized spacial score (nSPS) is 12.2. The van der Waals surface area contributed by atoms with Crippen LogP contribution in [0.4, 0.5) is 0 Å². The standard InChI is InChI=1S/C21H26O8S/c1-4-27-20(21(22)23)14-16-7-10-18(19(13-16)26-2)28-12-11-15-5-8-17(9-6-15)29-30(3,24)25/h5-10,13,20H,4,11-12,14H2,1-3H3,(H,22,23)/p-1. The first-order valence-electron chi connectivity index (χ1n) is 9.32. The maximum atomic E-state index is 11.2. The summed E-state index contributed by atoms with van der Waals surface area (Å²) in [7, 11) is -2.05. The molecule has 0 saturated carbocycles. The molecule has 0 aliphatic carbocycles. The van der Waals surface area contributed by atoms with Gasteiger partial charge in [0, 0.05) is 19.4 Å². The third kappa shape index (κ3) is 7.57. The number of carbonyl (C=O) groups excluding carboxylic acids is 1. The Morgan fingerprint density at radius 2 is 1.73 bits per heavy atom. The summed E-state index contributed by atoms with van der Waals surface area (Å²) < 4.78 is 43.4. The lowest BCUT2D eigenvalue weighted by atomic mass is 10.1. The average molecular weight is 437 g/mol. The Morgan fingerprint density at radius 3 is 2.30 bits per heavy atom. The van der Waals surface area contributed by atoms with Gasteiger partial charge in [0.15, 0.2) is 11.5 Å². The van der Waals surface area contributed by atoms with Crippen LogP contribution in [-0.2, 0) is 32.5 Å². The van der Waals surface area contributed by atoms with Crippen LogP contribution in [0.3, 0.4) is 0 Å². The van der Waals surface area contributed by atoms with Crippen LogP contribution in [-0.4, -0.2) is 47.1 Å². The summed E-state index contributed by atoms with van der Waals surface area (Å²) >= 11 is 0. The molecule has 0 saturated heterocycles. The van der Waals surface area contributed by atoms with Gasteiger partial charge >= 0.3 is 10.1 Å². The topological polar surface area (TPSA) is 111 Å². The SMILES string of the molecule is CCOC(Cc1ccc(OCCc2ccc(OS(C)(=O)=O)cc2)c(OC)c1)C(=O)[O-]. The smallest absolute Gasteiger partial charge is 0.306 e. The minimum absolute atomic E-state index is 0.161. The van der Waals surface area contributed by atoms with E-state index in [0.29, 0.717) is 24.5 Å². The van der Waals surface area contributed by atoms with E-state index in [0.717, 1.165) is 17.4 Å². The highest BCUT2D eigenvalue weighted by Crippen LogP contribution is 2.29. The second-order valence-electron chi connectivity index (χ2n) is 6.48. The molecule has 9 heteroatoms. The van der Waals surface area contributed by atoms with Gasteiger partial charge in [-0.1, -0.05) is 18.2 Å². The summed E-state index contributed by atoms with van der Waals surface area (Å²) in [6.45, 7) is 2.36. The van der Waals surface area contributed by atoms with Crippen LogP contribution in [0.2, 0.25) is 0 Å². The number of benzene rings is 2. The molecule has 30 heavy (non-hydrogen) atoms. The van der Waals surface area contributed by atoms with Gasteiger partial charge in [-0.05, 0) is 42.3 Å². The number of carboxylic acid groups (broad SMARTS) is 1. The highest BCUT2D eigenvalue weighted by Gasteiger charge is 2.13. The van der Waals surface area contributed by atoms with Crippen molar-refractivity contribution in [3.05, 3.63) is 53.6 Å². The molecule has 2 aromatic carbocycles. The second kappa shape index (κ2) is 10.8. The van der Waals surface area contributed by atoms with Crippen molar-refractivity contribution in [1.29, 1.82) is 0 Å². The number of carbonyl (C=O) groups is 1. The summed E-state index contributed by atoms with van der Waals surface area (Å²) in [5.41, 5.74) is 1.67. The van der Waals surface area contributed by atoms with Crippen LogP contribution in [0.5, 0.6) is 17.2 Å². The molecule has 0 aromatic heterocycles. The van der Waals surface area contributed by atoms with Gasteiger partial charge in [-0.25, -0.2) is 0 Å². The summed E-state index contributed by atoms with van der Waals surface area (Å²) in [4.78, 5) is 11.2. The van der Waals surface area contributed by atoms with Gasteiger partial charge in [-0.3, -0.25) is 0 Å². The van der Waals surface area contributed by atoms with Gasteiger partial charge in [-0.15, -0.1) is 0 Å². The molecular formula is C21H25O8S-. The molecule has 0 aliphatic rings. The average Bonchev–Trinajstić information content (AvgIpc) is 2.68. The van der Waals surface area contributed by atoms with E-state index in [-0.39, 0.29) is 18.8 Å². The molecule has 8 nitrogen and oxygen atoms in total. The van der Waals surface area contributed by atoms with E-state index in [2.05, 4.69) is 0 Å². The number of aliphatic carboxylic acids is 1. The summed E-state index contributed by atoms with van der Waals surface area (Å²) in [5.74, 6) is 0.00290. The lowest BCUT2D eigenvalue weighted by Crippen LogP contribution is -2.39. The lowest BCUT2D eigenvalue weighted by Gasteiger charge is -2.19. The Morgan fingerprint density at radius 1 is 1.07 bits per heavy atom. The summed E-state index contributed by atoms with van der Waals surface area (Å²) in [6.07, 6.45) is 0.708. The van der Waals surface area contributed by atoms with Gasteiger partial charge in [-0.2, -0.15) is 8.42 Å². The first kappa shape index (κ1) is 23.5. The van der Waals surface area contributed by atoms with Crippen molar-refractivity contribution in [2.45, 2.75) is 25.9 Å². The van der Waals surface area contributed by atoms with Gasteiger partial charge < -0.3 is 28.3 Å². The molecule has 0 aliphatic heterocycles. The van der Waals surface area contributed by atoms with Crippen LogP contribution in [0.15, 0.2) is 42.5 Å². The van der Waals surface area contributed by atoms with Crippen LogP contribution in [0.1, 0.15) is 18.1 Å². The van der Waals surface area contributed by atoms with E-state index in [9.17, 15) is 18.3 Å². The number of ether oxygens (including phenoxy) is 3. The Labute approximate surface area is 176 Å². The molecule has 1 atom stereocenters. The molecule has 0 bridgehead atoms. The molecule has 0 spiro atoms. The van der Waals surface area contributed by atoms with E-state index < -0.39 is 22.2 Å². The van der Waals surface area contributed by atoms with E-state index in [1.54, 1.807) is 49.4 Å². The maximum absolute atomic E-state index is 11.2. The minimum Gasteiger partial charge on any atom is -0.547 e. The minimum atomic E-state index is -3.55. The van der Waals surface area contributed by atoms with E-state index >= 15 is 0 Å². The molecule has 2 aromatic rings. The van der Waals surface area contributed by atoms with Crippen molar-refractivity contribution in [2.75, 3.05) is 26.6 Å². The molecule has 0 radical (unpaired) electrons. The first-order valence-corrected chi connectivity index (χ1v) is 11.1. The second-order valence-corrected chi connectivity index (χ2v) is 8.06. The van der Waals surface area contributed by atoms with Gasteiger partial charge in [0.25, 0.3) is 0 Å². The molecule has 0 amide bonds. The predicted octanol–water partition coefficient (Wildman–Crippen LogP) is 1.35. The van der Waals surface area contributed by atoms with Crippen molar-refractivity contribution < 1.29 is 36.7 Å². The first-order chi connectivity index (χ1) is 14.2. The molecule has 0 N–H and O–H groups in total. The fourth-order valence-corrected chi connectivity index (χ4v) is 3.21. The monoisotopic (exact) mass is 437 g/mol.